The highest BCUT2D eigenvalue weighted by molar-refractivity contribution is 5.71. The minimum atomic E-state index is -0.00239. The number of anilines is 1. The number of hydrogen-bond acceptors (Lipinski definition) is 5. The Kier molecular flexibility index (Phi) is 4.17. The first-order chi connectivity index (χ1) is 12.7. The molecule has 0 N–H and O–H groups in total. The van der Waals surface area contributed by atoms with Crippen LogP contribution in [0.25, 0.3) is 11.2 Å². The fourth-order valence-corrected chi connectivity index (χ4v) is 3.67. The van der Waals surface area contributed by atoms with Crippen molar-refractivity contribution in [3.8, 4) is 6.07 Å². The molecule has 1 saturated heterocycles. The van der Waals surface area contributed by atoms with Gasteiger partial charge in [-0.3, -0.25) is 9.13 Å². The van der Waals surface area contributed by atoms with Crippen LogP contribution < -0.4 is 10.6 Å². The summed E-state index contributed by atoms with van der Waals surface area (Å²) in [6.07, 6.45) is 5.52. The summed E-state index contributed by atoms with van der Waals surface area (Å²) in [6, 6.07) is 9.53. The Labute approximate surface area is 151 Å². The molecule has 26 heavy (non-hydrogen) atoms. The van der Waals surface area contributed by atoms with E-state index < -0.39 is 0 Å². The molecule has 4 rings (SSSR count). The fourth-order valence-electron chi connectivity index (χ4n) is 3.67. The lowest BCUT2D eigenvalue weighted by Gasteiger charge is -2.33. The van der Waals surface area contributed by atoms with Gasteiger partial charge in [0, 0.05) is 32.9 Å². The molecule has 1 aliphatic heterocycles. The third kappa shape index (κ3) is 2.84. The van der Waals surface area contributed by atoms with Crippen molar-refractivity contribution >= 4 is 16.9 Å². The third-order valence-corrected chi connectivity index (χ3v) is 5.18. The van der Waals surface area contributed by atoms with E-state index in [-0.39, 0.29) is 5.69 Å². The maximum atomic E-state index is 12.5. The summed E-state index contributed by atoms with van der Waals surface area (Å²) in [5.74, 6) is 0.447. The van der Waals surface area contributed by atoms with E-state index in [0.717, 1.165) is 42.8 Å². The van der Waals surface area contributed by atoms with Crippen LogP contribution in [0.2, 0.25) is 0 Å². The molecule has 0 spiro atoms. The predicted octanol–water partition coefficient (Wildman–Crippen LogP) is 1.92. The van der Waals surface area contributed by atoms with Gasteiger partial charge in [-0.1, -0.05) is 0 Å². The lowest BCUT2D eigenvalue weighted by Crippen LogP contribution is -2.36. The molecule has 0 radical (unpaired) electrons. The zero-order valence-electron chi connectivity index (χ0n) is 14.7. The van der Waals surface area contributed by atoms with Crippen molar-refractivity contribution in [3.63, 3.8) is 0 Å². The van der Waals surface area contributed by atoms with Gasteiger partial charge >= 0.3 is 5.69 Å². The van der Waals surface area contributed by atoms with Crippen molar-refractivity contribution < 1.29 is 0 Å². The Morgan fingerprint density at radius 3 is 2.73 bits per heavy atom. The molecule has 0 unspecified atom stereocenters. The van der Waals surface area contributed by atoms with Gasteiger partial charge < -0.3 is 4.90 Å². The zero-order chi connectivity index (χ0) is 18.1. The average Bonchev–Trinajstić information content (AvgIpc) is 2.94. The van der Waals surface area contributed by atoms with E-state index >= 15 is 0 Å². The molecule has 0 bridgehead atoms. The minimum Gasteiger partial charge on any atom is -0.370 e. The Bertz CT molecular complexity index is 1020. The number of hydrogen-bond donors (Lipinski definition) is 0. The molecule has 3 aromatic heterocycles. The number of fused-ring (bicyclic) bond motifs is 1. The Hall–Kier alpha value is -3.14. The number of nitrogens with zero attached hydrogens (tertiary/aromatic N) is 6. The van der Waals surface area contributed by atoms with Gasteiger partial charge in [-0.25, -0.2) is 14.8 Å². The molecule has 4 heterocycles. The normalized spacial score (nSPS) is 15.3. The first-order valence-electron chi connectivity index (χ1n) is 8.78. The van der Waals surface area contributed by atoms with Gasteiger partial charge in [0.1, 0.15) is 11.8 Å². The predicted molar refractivity (Wildman–Crippen MR) is 98.9 cm³/mol. The number of imidazole rings is 1. The van der Waals surface area contributed by atoms with Crippen LogP contribution in [-0.2, 0) is 13.6 Å². The number of aryl methyl sites for hydroxylation is 1. The van der Waals surface area contributed by atoms with Crippen molar-refractivity contribution in [3.05, 3.63) is 52.8 Å². The first-order valence-corrected chi connectivity index (χ1v) is 8.78. The molecule has 0 aliphatic carbocycles. The second kappa shape index (κ2) is 6.64. The van der Waals surface area contributed by atoms with E-state index in [1.54, 1.807) is 34.6 Å². The highest BCUT2D eigenvalue weighted by Gasteiger charge is 2.22. The van der Waals surface area contributed by atoms with Gasteiger partial charge in [0.2, 0.25) is 0 Å². The van der Waals surface area contributed by atoms with Gasteiger partial charge in [0.15, 0.2) is 5.65 Å². The number of nitriles is 1. The van der Waals surface area contributed by atoms with Crippen LogP contribution in [0.5, 0.6) is 0 Å². The summed E-state index contributed by atoms with van der Waals surface area (Å²) < 4.78 is 3.47. The highest BCUT2D eigenvalue weighted by Crippen LogP contribution is 2.24. The van der Waals surface area contributed by atoms with E-state index in [4.69, 9.17) is 5.26 Å². The second-order valence-corrected chi connectivity index (χ2v) is 6.74. The number of aromatic nitrogens is 4. The van der Waals surface area contributed by atoms with Gasteiger partial charge in [-0.05, 0) is 43.0 Å². The third-order valence-electron chi connectivity index (χ3n) is 5.18. The van der Waals surface area contributed by atoms with Crippen molar-refractivity contribution in [1.82, 2.24) is 19.1 Å². The largest absolute Gasteiger partial charge is 0.370 e. The van der Waals surface area contributed by atoms with Crippen LogP contribution in [0.4, 0.5) is 5.69 Å². The molecule has 7 nitrogen and oxygen atoms in total. The van der Waals surface area contributed by atoms with Crippen molar-refractivity contribution in [2.45, 2.75) is 19.4 Å². The van der Waals surface area contributed by atoms with Gasteiger partial charge in [-0.15, -0.1) is 0 Å². The van der Waals surface area contributed by atoms with Crippen LogP contribution in [0.15, 0.2) is 41.5 Å². The molecule has 1 fully saturated rings. The van der Waals surface area contributed by atoms with Crippen LogP contribution >= 0.6 is 0 Å². The summed E-state index contributed by atoms with van der Waals surface area (Å²) in [5, 5.41) is 8.85. The Morgan fingerprint density at radius 2 is 2.04 bits per heavy atom. The van der Waals surface area contributed by atoms with Crippen molar-refractivity contribution in [2.24, 2.45) is 13.0 Å². The first kappa shape index (κ1) is 16.3. The molecule has 132 valence electrons. The molecule has 0 atom stereocenters. The molecule has 0 amide bonds. The summed E-state index contributed by atoms with van der Waals surface area (Å²) in [5.41, 5.74) is 3.12. The highest BCUT2D eigenvalue weighted by atomic mass is 16.1. The standard InChI is InChI=1S/C19H20N6O/c1-23-17-3-2-8-21-18(17)25(19(23)26)13-14-6-9-24(10-7-14)16-5-4-15(11-20)22-12-16/h2-5,8,12,14H,6-7,9-10,13H2,1H3. The molecule has 0 aromatic carbocycles. The Balaban J connectivity index is 1.47. The quantitative estimate of drug-likeness (QED) is 0.722. The number of pyridine rings is 2. The summed E-state index contributed by atoms with van der Waals surface area (Å²) in [7, 11) is 1.79. The molecule has 7 heteroatoms. The molecule has 1 aliphatic rings. The topological polar surface area (TPSA) is 79.7 Å². The lowest BCUT2D eigenvalue weighted by molar-refractivity contribution is 0.355. The molecular formula is C19H20N6O. The van der Waals surface area contributed by atoms with Crippen molar-refractivity contribution in [1.29, 1.82) is 5.26 Å². The average molecular weight is 348 g/mol. The summed E-state index contributed by atoms with van der Waals surface area (Å²) >= 11 is 0. The molecule has 3 aromatic rings. The van der Waals surface area contributed by atoms with Crippen LogP contribution in [0, 0.1) is 17.2 Å². The van der Waals surface area contributed by atoms with Gasteiger partial charge in [0.25, 0.3) is 0 Å². The molecule has 0 saturated carbocycles. The number of rotatable bonds is 3. The summed E-state index contributed by atoms with van der Waals surface area (Å²) in [4.78, 5) is 23.4. The minimum absolute atomic E-state index is 0.00239. The number of piperidine rings is 1. The fraction of sp³-hybridized carbons (Fsp3) is 0.368. The summed E-state index contributed by atoms with van der Waals surface area (Å²) in [6.45, 7) is 2.54. The second-order valence-electron chi connectivity index (χ2n) is 6.74. The van der Waals surface area contributed by atoms with Gasteiger partial charge in [-0.2, -0.15) is 5.26 Å². The van der Waals surface area contributed by atoms with E-state index in [1.807, 2.05) is 24.3 Å². The van der Waals surface area contributed by atoms with E-state index in [9.17, 15) is 4.79 Å². The smallest absolute Gasteiger partial charge is 0.330 e. The SMILES string of the molecule is Cn1c(=O)n(CC2CCN(c3ccc(C#N)nc3)CC2)c2ncccc21. The van der Waals surface area contributed by atoms with E-state index in [0.29, 0.717) is 18.2 Å². The maximum absolute atomic E-state index is 12.5. The van der Waals surface area contributed by atoms with Crippen LogP contribution in [-0.4, -0.2) is 32.2 Å². The van der Waals surface area contributed by atoms with E-state index in [2.05, 4.69) is 14.9 Å². The van der Waals surface area contributed by atoms with Crippen molar-refractivity contribution in [2.75, 3.05) is 18.0 Å². The monoisotopic (exact) mass is 348 g/mol. The maximum Gasteiger partial charge on any atom is 0.330 e. The lowest BCUT2D eigenvalue weighted by atomic mass is 9.96. The zero-order valence-corrected chi connectivity index (χ0v) is 14.7. The molecular weight excluding hydrogens is 328 g/mol. The van der Waals surface area contributed by atoms with Gasteiger partial charge in [0.05, 0.1) is 17.4 Å². The van der Waals surface area contributed by atoms with Crippen LogP contribution in [0.3, 0.4) is 0 Å². The Morgan fingerprint density at radius 1 is 1.23 bits per heavy atom. The van der Waals surface area contributed by atoms with Crippen LogP contribution in [0.1, 0.15) is 18.5 Å². The van der Waals surface area contributed by atoms with E-state index in [1.165, 1.54) is 0 Å².